The molecule has 0 saturated carbocycles. The Morgan fingerprint density at radius 1 is 1.50 bits per heavy atom. The summed E-state index contributed by atoms with van der Waals surface area (Å²) in [5.74, 6) is -0.0255. The molecule has 1 aromatic heterocycles. The molecule has 1 aromatic rings. The summed E-state index contributed by atoms with van der Waals surface area (Å²) in [6.45, 7) is 1.36. The molecule has 2 heterocycles. The normalized spacial score (nSPS) is 15.1. The predicted molar refractivity (Wildman–Crippen MR) is 56.0 cm³/mol. The smallest absolute Gasteiger partial charge is 0.276 e. The fourth-order valence-corrected chi connectivity index (χ4v) is 1.94. The van der Waals surface area contributed by atoms with Gasteiger partial charge in [-0.05, 0) is 15.9 Å². The van der Waals surface area contributed by atoms with E-state index in [0.29, 0.717) is 18.8 Å². The molecule has 0 bridgehead atoms. The van der Waals surface area contributed by atoms with Crippen molar-refractivity contribution in [1.82, 2.24) is 14.7 Å². The summed E-state index contributed by atoms with van der Waals surface area (Å²) < 4.78 is 2.37. The number of nitrogens with zero attached hydrogens (tertiary/aromatic N) is 3. The van der Waals surface area contributed by atoms with Crippen molar-refractivity contribution in [1.29, 1.82) is 0 Å². The number of rotatable bonds is 1. The first-order valence-corrected chi connectivity index (χ1v) is 5.11. The van der Waals surface area contributed by atoms with Crippen molar-refractivity contribution >= 4 is 21.8 Å². The molecule has 5 heteroatoms. The molecule has 0 aliphatic carbocycles. The minimum Gasteiger partial charge on any atom is -0.330 e. The maximum Gasteiger partial charge on any atom is 0.276 e. The Labute approximate surface area is 90.3 Å². The van der Waals surface area contributed by atoms with Gasteiger partial charge < -0.3 is 4.90 Å². The van der Waals surface area contributed by atoms with E-state index in [1.54, 1.807) is 22.8 Å². The van der Waals surface area contributed by atoms with Crippen LogP contribution in [-0.2, 0) is 7.05 Å². The summed E-state index contributed by atoms with van der Waals surface area (Å²) in [7, 11) is 1.80. The lowest BCUT2D eigenvalue weighted by atomic mass is 10.4. The minimum absolute atomic E-state index is 0.0255. The van der Waals surface area contributed by atoms with Gasteiger partial charge in [-0.15, -0.1) is 0 Å². The Balaban J connectivity index is 2.22. The van der Waals surface area contributed by atoms with Crippen molar-refractivity contribution in [2.45, 2.75) is 0 Å². The van der Waals surface area contributed by atoms with Gasteiger partial charge in [0.1, 0.15) is 0 Å². The summed E-state index contributed by atoms with van der Waals surface area (Å²) in [5, 5.41) is 4.11. The molecule has 0 fully saturated rings. The molecule has 0 atom stereocenters. The van der Waals surface area contributed by atoms with Crippen molar-refractivity contribution in [2.24, 2.45) is 7.05 Å². The second-order valence-electron chi connectivity index (χ2n) is 3.18. The van der Waals surface area contributed by atoms with Crippen LogP contribution in [0.15, 0.2) is 22.8 Å². The van der Waals surface area contributed by atoms with E-state index in [1.807, 2.05) is 12.2 Å². The van der Waals surface area contributed by atoms with E-state index in [0.717, 1.165) is 4.47 Å². The maximum atomic E-state index is 11.9. The highest BCUT2D eigenvalue weighted by Crippen LogP contribution is 2.17. The van der Waals surface area contributed by atoms with Gasteiger partial charge in [-0.25, -0.2) is 0 Å². The third kappa shape index (κ3) is 1.59. The highest BCUT2D eigenvalue weighted by molar-refractivity contribution is 9.10. The third-order valence-corrected chi connectivity index (χ3v) is 2.67. The van der Waals surface area contributed by atoms with Crippen molar-refractivity contribution < 1.29 is 4.79 Å². The summed E-state index contributed by atoms with van der Waals surface area (Å²) in [5.41, 5.74) is 0.483. The van der Waals surface area contributed by atoms with E-state index < -0.39 is 0 Å². The van der Waals surface area contributed by atoms with Crippen LogP contribution in [0.5, 0.6) is 0 Å². The molecule has 1 aliphatic heterocycles. The van der Waals surface area contributed by atoms with Gasteiger partial charge in [0.2, 0.25) is 0 Å². The largest absolute Gasteiger partial charge is 0.330 e. The summed E-state index contributed by atoms with van der Waals surface area (Å²) in [4.78, 5) is 13.6. The lowest BCUT2D eigenvalue weighted by Gasteiger charge is -2.13. The molecule has 74 valence electrons. The second kappa shape index (κ2) is 3.57. The number of amides is 1. The number of hydrogen-bond donors (Lipinski definition) is 0. The molecular weight excluding hydrogens is 246 g/mol. The first kappa shape index (κ1) is 9.45. The Kier molecular flexibility index (Phi) is 2.41. The van der Waals surface area contributed by atoms with E-state index in [1.165, 1.54) is 0 Å². The van der Waals surface area contributed by atoms with Crippen LogP contribution >= 0.6 is 15.9 Å². The van der Waals surface area contributed by atoms with Gasteiger partial charge in [0, 0.05) is 26.3 Å². The Hall–Kier alpha value is -1.10. The molecule has 1 aliphatic rings. The Morgan fingerprint density at radius 3 is 2.64 bits per heavy atom. The lowest BCUT2D eigenvalue weighted by Crippen LogP contribution is -2.28. The number of hydrogen-bond acceptors (Lipinski definition) is 2. The first-order chi connectivity index (χ1) is 6.68. The quantitative estimate of drug-likeness (QED) is 0.708. The molecule has 0 saturated heterocycles. The van der Waals surface area contributed by atoms with E-state index >= 15 is 0 Å². The SMILES string of the molecule is Cn1cc(Br)c(C(=O)N2CC=CC2)n1. The summed E-state index contributed by atoms with van der Waals surface area (Å²) in [6, 6.07) is 0. The van der Waals surface area contributed by atoms with Crippen LogP contribution in [0.1, 0.15) is 10.5 Å². The number of aromatic nitrogens is 2. The first-order valence-electron chi connectivity index (χ1n) is 4.32. The monoisotopic (exact) mass is 255 g/mol. The molecule has 0 aromatic carbocycles. The topological polar surface area (TPSA) is 38.1 Å². The van der Waals surface area contributed by atoms with Gasteiger partial charge in [-0.1, -0.05) is 12.2 Å². The highest BCUT2D eigenvalue weighted by atomic mass is 79.9. The van der Waals surface area contributed by atoms with Crippen LogP contribution in [0.25, 0.3) is 0 Å². The molecule has 2 rings (SSSR count). The third-order valence-electron chi connectivity index (χ3n) is 2.09. The van der Waals surface area contributed by atoms with Crippen LogP contribution in [0.2, 0.25) is 0 Å². The van der Waals surface area contributed by atoms with E-state index in [9.17, 15) is 4.79 Å². The number of aryl methyl sites for hydroxylation is 1. The lowest BCUT2D eigenvalue weighted by molar-refractivity contribution is 0.0792. The van der Waals surface area contributed by atoms with Crippen molar-refractivity contribution in [3.05, 3.63) is 28.5 Å². The van der Waals surface area contributed by atoms with Gasteiger partial charge in [-0.3, -0.25) is 9.48 Å². The van der Waals surface area contributed by atoms with Crippen LogP contribution in [0.3, 0.4) is 0 Å². The van der Waals surface area contributed by atoms with Crippen LogP contribution in [0.4, 0.5) is 0 Å². The fourth-order valence-electron chi connectivity index (χ4n) is 1.40. The number of carbonyl (C=O) groups is 1. The van der Waals surface area contributed by atoms with Crippen molar-refractivity contribution in [3.63, 3.8) is 0 Å². The van der Waals surface area contributed by atoms with Crippen molar-refractivity contribution in [3.8, 4) is 0 Å². The Bertz CT molecular complexity index is 389. The van der Waals surface area contributed by atoms with E-state index in [2.05, 4.69) is 21.0 Å². The van der Waals surface area contributed by atoms with Crippen molar-refractivity contribution in [2.75, 3.05) is 13.1 Å². The number of halogens is 1. The van der Waals surface area contributed by atoms with Crippen LogP contribution < -0.4 is 0 Å². The maximum absolute atomic E-state index is 11.9. The molecule has 0 radical (unpaired) electrons. The average Bonchev–Trinajstić information content (AvgIpc) is 2.73. The van der Waals surface area contributed by atoms with Gasteiger partial charge in [-0.2, -0.15) is 5.10 Å². The van der Waals surface area contributed by atoms with Crippen LogP contribution in [0, 0.1) is 0 Å². The Morgan fingerprint density at radius 2 is 2.14 bits per heavy atom. The predicted octanol–water partition coefficient (Wildman–Crippen LogP) is 1.19. The zero-order valence-electron chi connectivity index (χ0n) is 7.77. The summed E-state index contributed by atoms with van der Waals surface area (Å²) in [6.07, 6.45) is 5.74. The molecule has 1 amide bonds. The summed E-state index contributed by atoms with van der Waals surface area (Å²) >= 11 is 3.31. The molecule has 0 spiro atoms. The van der Waals surface area contributed by atoms with Gasteiger partial charge in [0.05, 0.1) is 4.47 Å². The molecule has 14 heavy (non-hydrogen) atoms. The molecular formula is C9H10BrN3O. The molecule has 0 N–H and O–H groups in total. The molecule has 0 unspecified atom stereocenters. The van der Waals surface area contributed by atoms with Gasteiger partial charge >= 0.3 is 0 Å². The van der Waals surface area contributed by atoms with E-state index in [4.69, 9.17) is 0 Å². The highest BCUT2D eigenvalue weighted by Gasteiger charge is 2.21. The van der Waals surface area contributed by atoms with Crippen LogP contribution in [-0.4, -0.2) is 33.7 Å². The minimum atomic E-state index is -0.0255. The average molecular weight is 256 g/mol. The second-order valence-corrected chi connectivity index (χ2v) is 4.04. The van der Waals surface area contributed by atoms with Gasteiger partial charge in [0.25, 0.3) is 5.91 Å². The zero-order chi connectivity index (χ0) is 10.1. The van der Waals surface area contributed by atoms with Gasteiger partial charge in [0.15, 0.2) is 5.69 Å². The fraction of sp³-hybridized carbons (Fsp3) is 0.333. The zero-order valence-corrected chi connectivity index (χ0v) is 9.36. The standard InChI is InChI=1S/C9H10BrN3O/c1-12-6-7(10)8(11-12)9(14)13-4-2-3-5-13/h2-3,6H,4-5H2,1H3. The number of carbonyl (C=O) groups excluding carboxylic acids is 1. The molecule has 4 nitrogen and oxygen atoms in total. The van der Waals surface area contributed by atoms with E-state index in [-0.39, 0.29) is 5.91 Å².